The number of rotatable bonds is 5. The molecule has 0 bridgehead atoms. The van der Waals surface area contributed by atoms with E-state index < -0.39 is 0 Å². The van der Waals surface area contributed by atoms with E-state index in [1.165, 1.54) is 11.2 Å². The van der Waals surface area contributed by atoms with Crippen molar-refractivity contribution in [2.24, 2.45) is 0 Å². The van der Waals surface area contributed by atoms with Crippen molar-refractivity contribution in [2.75, 3.05) is 13.7 Å². The molecular formula is C12H14N4O2. The van der Waals surface area contributed by atoms with Gasteiger partial charge in [0.15, 0.2) is 6.61 Å². The summed E-state index contributed by atoms with van der Waals surface area (Å²) in [7, 11) is 1.69. The monoisotopic (exact) mass is 246 g/mol. The van der Waals surface area contributed by atoms with Gasteiger partial charge in [-0.15, -0.1) is 0 Å². The van der Waals surface area contributed by atoms with Gasteiger partial charge in [-0.25, -0.2) is 4.98 Å². The Hall–Kier alpha value is -2.37. The Morgan fingerprint density at radius 1 is 1.39 bits per heavy atom. The van der Waals surface area contributed by atoms with E-state index in [0.29, 0.717) is 18.1 Å². The third-order valence-corrected chi connectivity index (χ3v) is 2.38. The van der Waals surface area contributed by atoms with E-state index >= 15 is 0 Å². The standard InChI is InChI=1S/C12H14N4O2/c1-16(7-11-13-9-14-15-11)12(17)8-18-10-5-3-2-4-6-10/h2-6,9H,7-8H2,1H3,(H,13,14,15). The van der Waals surface area contributed by atoms with Crippen molar-refractivity contribution in [3.63, 3.8) is 0 Å². The summed E-state index contributed by atoms with van der Waals surface area (Å²) in [6.07, 6.45) is 1.41. The molecule has 6 heteroatoms. The number of benzene rings is 1. The van der Waals surface area contributed by atoms with E-state index in [4.69, 9.17) is 4.74 Å². The molecule has 2 rings (SSSR count). The molecule has 1 amide bonds. The Kier molecular flexibility index (Phi) is 3.90. The summed E-state index contributed by atoms with van der Waals surface area (Å²) in [5.74, 6) is 1.21. The number of likely N-dealkylation sites (N-methyl/N-ethyl adjacent to an activating group) is 1. The number of amides is 1. The minimum atomic E-state index is -0.116. The number of ether oxygens (including phenoxy) is 1. The highest BCUT2D eigenvalue weighted by atomic mass is 16.5. The van der Waals surface area contributed by atoms with E-state index in [9.17, 15) is 4.79 Å². The molecule has 0 aliphatic carbocycles. The van der Waals surface area contributed by atoms with E-state index in [-0.39, 0.29) is 12.5 Å². The normalized spacial score (nSPS) is 10.1. The lowest BCUT2D eigenvalue weighted by molar-refractivity contribution is -0.132. The van der Waals surface area contributed by atoms with Gasteiger partial charge in [0.1, 0.15) is 17.9 Å². The molecule has 6 nitrogen and oxygen atoms in total. The van der Waals surface area contributed by atoms with Crippen molar-refractivity contribution in [2.45, 2.75) is 6.54 Å². The molecule has 0 saturated carbocycles. The van der Waals surface area contributed by atoms with Crippen molar-refractivity contribution in [3.8, 4) is 5.75 Å². The maximum absolute atomic E-state index is 11.8. The van der Waals surface area contributed by atoms with Crippen LogP contribution in [0.1, 0.15) is 5.82 Å². The van der Waals surface area contributed by atoms with Crippen molar-refractivity contribution in [3.05, 3.63) is 42.5 Å². The quantitative estimate of drug-likeness (QED) is 0.848. The molecular weight excluding hydrogens is 232 g/mol. The number of aromatic amines is 1. The van der Waals surface area contributed by atoms with Crippen LogP contribution in [0.4, 0.5) is 0 Å². The molecule has 2 aromatic rings. The number of nitrogens with one attached hydrogen (secondary N) is 1. The van der Waals surface area contributed by atoms with Crippen LogP contribution in [-0.2, 0) is 11.3 Å². The van der Waals surface area contributed by atoms with Crippen LogP contribution in [0.15, 0.2) is 36.7 Å². The van der Waals surface area contributed by atoms with Crippen LogP contribution >= 0.6 is 0 Å². The number of aromatic nitrogens is 3. The first-order chi connectivity index (χ1) is 8.75. The molecule has 0 aliphatic heterocycles. The number of carbonyl (C=O) groups is 1. The second kappa shape index (κ2) is 5.81. The van der Waals surface area contributed by atoms with Gasteiger partial charge in [0, 0.05) is 7.05 Å². The zero-order valence-electron chi connectivity index (χ0n) is 10.0. The SMILES string of the molecule is CN(Cc1ncn[nH]1)C(=O)COc1ccccc1. The van der Waals surface area contributed by atoms with Gasteiger partial charge in [-0.2, -0.15) is 5.10 Å². The molecule has 0 aliphatic rings. The fourth-order valence-corrected chi connectivity index (χ4v) is 1.39. The molecule has 0 spiro atoms. The van der Waals surface area contributed by atoms with Gasteiger partial charge in [0.25, 0.3) is 5.91 Å². The third kappa shape index (κ3) is 3.31. The van der Waals surface area contributed by atoms with Crippen molar-refractivity contribution < 1.29 is 9.53 Å². The number of nitrogens with zero attached hydrogens (tertiary/aromatic N) is 3. The zero-order valence-corrected chi connectivity index (χ0v) is 10.0. The Balaban J connectivity index is 1.81. The molecule has 1 aromatic carbocycles. The minimum Gasteiger partial charge on any atom is -0.484 e. The van der Waals surface area contributed by atoms with E-state index in [1.807, 2.05) is 30.3 Å². The summed E-state index contributed by atoms with van der Waals surface area (Å²) < 4.78 is 5.37. The number of hydrogen-bond donors (Lipinski definition) is 1. The Morgan fingerprint density at radius 3 is 2.83 bits per heavy atom. The van der Waals surface area contributed by atoms with E-state index in [1.54, 1.807) is 7.05 Å². The van der Waals surface area contributed by atoms with Crippen LogP contribution in [0.5, 0.6) is 5.75 Å². The van der Waals surface area contributed by atoms with Crippen LogP contribution in [0, 0.1) is 0 Å². The first-order valence-corrected chi connectivity index (χ1v) is 5.52. The van der Waals surface area contributed by atoms with Crippen LogP contribution in [0.25, 0.3) is 0 Å². The lowest BCUT2D eigenvalue weighted by Crippen LogP contribution is -2.31. The fraction of sp³-hybridized carbons (Fsp3) is 0.250. The van der Waals surface area contributed by atoms with Crippen LogP contribution in [0.2, 0.25) is 0 Å². The maximum Gasteiger partial charge on any atom is 0.260 e. The van der Waals surface area contributed by atoms with Crippen molar-refractivity contribution in [1.29, 1.82) is 0 Å². The van der Waals surface area contributed by atoms with Crippen LogP contribution < -0.4 is 4.74 Å². The molecule has 0 unspecified atom stereocenters. The molecule has 0 saturated heterocycles. The van der Waals surface area contributed by atoms with Gasteiger partial charge in [0.05, 0.1) is 6.54 Å². The molecule has 0 atom stereocenters. The van der Waals surface area contributed by atoms with E-state index in [2.05, 4.69) is 15.2 Å². The Morgan fingerprint density at radius 2 is 2.17 bits per heavy atom. The second-order valence-corrected chi connectivity index (χ2v) is 3.78. The summed E-state index contributed by atoms with van der Waals surface area (Å²) in [5, 5.41) is 6.42. The van der Waals surface area contributed by atoms with Crippen LogP contribution in [-0.4, -0.2) is 39.6 Å². The third-order valence-electron chi connectivity index (χ3n) is 2.38. The smallest absolute Gasteiger partial charge is 0.260 e. The van der Waals surface area contributed by atoms with Gasteiger partial charge in [-0.05, 0) is 12.1 Å². The summed E-state index contributed by atoms with van der Waals surface area (Å²) in [5.41, 5.74) is 0. The average molecular weight is 246 g/mol. The largest absolute Gasteiger partial charge is 0.484 e. The van der Waals surface area contributed by atoms with Gasteiger partial charge in [-0.3, -0.25) is 9.89 Å². The van der Waals surface area contributed by atoms with Crippen LogP contribution in [0.3, 0.4) is 0 Å². The lowest BCUT2D eigenvalue weighted by atomic mass is 10.3. The summed E-state index contributed by atoms with van der Waals surface area (Å²) >= 11 is 0. The molecule has 18 heavy (non-hydrogen) atoms. The minimum absolute atomic E-state index is 0.00858. The number of H-pyrrole nitrogens is 1. The predicted octanol–water partition coefficient (Wildman–Crippen LogP) is 0.842. The Labute approximate surface area is 105 Å². The summed E-state index contributed by atoms with van der Waals surface area (Å²) in [6.45, 7) is 0.394. The molecule has 1 aromatic heterocycles. The number of carbonyl (C=O) groups excluding carboxylic acids is 1. The molecule has 1 heterocycles. The highest BCUT2D eigenvalue weighted by Gasteiger charge is 2.11. The van der Waals surface area contributed by atoms with Gasteiger partial charge in [-0.1, -0.05) is 18.2 Å². The predicted molar refractivity (Wildman–Crippen MR) is 64.8 cm³/mol. The number of para-hydroxylation sites is 1. The van der Waals surface area contributed by atoms with Gasteiger partial charge >= 0.3 is 0 Å². The topological polar surface area (TPSA) is 71.1 Å². The molecule has 0 radical (unpaired) electrons. The number of hydrogen-bond acceptors (Lipinski definition) is 4. The Bertz CT molecular complexity index is 484. The molecule has 1 N–H and O–H groups in total. The summed E-state index contributed by atoms with van der Waals surface area (Å²) in [4.78, 5) is 17.3. The first-order valence-electron chi connectivity index (χ1n) is 5.52. The molecule has 94 valence electrons. The van der Waals surface area contributed by atoms with Gasteiger partial charge < -0.3 is 9.64 Å². The summed E-state index contributed by atoms with van der Waals surface area (Å²) in [6, 6.07) is 9.23. The second-order valence-electron chi connectivity index (χ2n) is 3.78. The van der Waals surface area contributed by atoms with Crippen molar-refractivity contribution in [1.82, 2.24) is 20.1 Å². The first kappa shape index (κ1) is 12.1. The zero-order chi connectivity index (χ0) is 12.8. The highest BCUT2D eigenvalue weighted by Crippen LogP contribution is 2.08. The lowest BCUT2D eigenvalue weighted by Gasteiger charge is -2.15. The average Bonchev–Trinajstić information content (AvgIpc) is 2.90. The van der Waals surface area contributed by atoms with E-state index in [0.717, 1.165) is 0 Å². The highest BCUT2D eigenvalue weighted by molar-refractivity contribution is 5.77. The molecule has 0 fully saturated rings. The fourth-order valence-electron chi connectivity index (χ4n) is 1.39. The van der Waals surface area contributed by atoms with Crippen molar-refractivity contribution >= 4 is 5.91 Å². The maximum atomic E-state index is 11.8. The van der Waals surface area contributed by atoms with Gasteiger partial charge in [0.2, 0.25) is 0 Å².